The number of ether oxygens (including phenoxy) is 1. The van der Waals surface area contributed by atoms with Gasteiger partial charge in [-0.3, -0.25) is 4.79 Å². The highest BCUT2D eigenvalue weighted by atomic mass is 32.2. The first-order valence-corrected chi connectivity index (χ1v) is 14.1. The summed E-state index contributed by atoms with van der Waals surface area (Å²) < 4.78 is 35.5. The number of nitrogens with one attached hydrogen (secondary N) is 1. The van der Waals surface area contributed by atoms with Crippen LogP contribution in [0.15, 0.2) is 47.4 Å². The fourth-order valence-electron chi connectivity index (χ4n) is 4.96. The van der Waals surface area contributed by atoms with Gasteiger partial charge >= 0.3 is 0 Å². The number of para-hydroxylation sites is 1. The van der Waals surface area contributed by atoms with Crippen LogP contribution in [0.5, 0.6) is 5.75 Å². The molecule has 1 aliphatic heterocycles. The lowest BCUT2D eigenvalue weighted by molar-refractivity contribution is 0.0707. The number of nitrogens with zero attached hydrogens (tertiary/aromatic N) is 2. The Kier molecular flexibility index (Phi) is 6.59. The zero-order valence-electron chi connectivity index (χ0n) is 19.2. The standard InChI is InChI=1S/C25H29N3O4S2/c1-32-21-13-12-17(15-23(21)34(30,31)27-19-8-2-3-9-19)25(29)28-14-6-7-18(16-28)24-26-20-10-4-5-11-22(20)33-24/h4-5,10-13,15,18-19,27H,2-3,6-9,14,16H2,1H3/t18-/m1/s1. The first-order valence-electron chi connectivity index (χ1n) is 11.8. The molecule has 0 spiro atoms. The SMILES string of the molecule is COc1ccc(C(=O)N2CCC[C@@H](c3nc4ccccc4s3)C2)cc1S(=O)(=O)NC1CCCC1. The van der Waals surface area contributed by atoms with E-state index in [1.54, 1.807) is 23.5 Å². The summed E-state index contributed by atoms with van der Waals surface area (Å²) in [6.45, 7) is 1.22. The topological polar surface area (TPSA) is 88.6 Å². The molecule has 1 aliphatic carbocycles. The zero-order chi connectivity index (χ0) is 23.7. The Balaban J connectivity index is 1.37. The molecule has 7 nitrogen and oxygen atoms in total. The van der Waals surface area contributed by atoms with Crippen molar-refractivity contribution in [3.05, 3.63) is 53.0 Å². The van der Waals surface area contributed by atoms with Crippen molar-refractivity contribution in [2.75, 3.05) is 20.2 Å². The molecule has 180 valence electrons. The van der Waals surface area contributed by atoms with Crippen molar-refractivity contribution < 1.29 is 17.9 Å². The van der Waals surface area contributed by atoms with Gasteiger partial charge in [-0.1, -0.05) is 25.0 Å². The van der Waals surface area contributed by atoms with Crippen molar-refractivity contribution in [3.8, 4) is 5.75 Å². The highest BCUT2D eigenvalue weighted by Gasteiger charge is 2.30. The summed E-state index contributed by atoms with van der Waals surface area (Å²) in [5.74, 6) is 0.263. The van der Waals surface area contributed by atoms with Gasteiger partial charge in [-0.25, -0.2) is 18.1 Å². The number of carbonyl (C=O) groups is 1. The third kappa shape index (κ3) is 4.69. The van der Waals surface area contributed by atoms with Crippen LogP contribution < -0.4 is 9.46 Å². The molecule has 0 radical (unpaired) electrons. The van der Waals surface area contributed by atoms with Crippen molar-refractivity contribution in [2.45, 2.75) is 55.4 Å². The van der Waals surface area contributed by atoms with Crippen LogP contribution in [-0.4, -0.2) is 50.5 Å². The van der Waals surface area contributed by atoms with Gasteiger partial charge in [0.1, 0.15) is 10.6 Å². The third-order valence-electron chi connectivity index (χ3n) is 6.75. The number of fused-ring (bicyclic) bond motifs is 1. The van der Waals surface area contributed by atoms with Crippen LogP contribution >= 0.6 is 11.3 Å². The van der Waals surface area contributed by atoms with Gasteiger partial charge in [0.05, 0.1) is 22.3 Å². The predicted octanol–water partition coefficient (Wildman–Crippen LogP) is 4.55. The first-order chi connectivity index (χ1) is 16.4. The number of benzene rings is 2. The number of hydrogen-bond donors (Lipinski definition) is 1. The number of piperidine rings is 1. The summed E-state index contributed by atoms with van der Waals surface area (Å²) in [7, 11) is -2.35. The maximum absolute atomic E-state index is 13.4. The Morgan fingerprint density at radius 2 is 1.91 bits per heavy atom. The Hall–Kier alpha value is -2.49. The van der Waals surface area contributed by atoms with Crippen LogP contribution in [0.3, 0.4) is 0 Å². The lowest BCUT2D eigenvalue weighted by atomic mass is 9.98. The Morgan fingerprint density at radius 3 is 2.68 bits per heavy atom. The molecule has 0 bridgehead atoms. The molecule has 2 fully saturated rings. The number of carbonyl (C=O) groups excluding carboxylic acids is 1. The van der Waals surface area contributed by atoms with Crippen LogP contribution in [0.2, 0.25) is 0 Å². The quantitative estimate of drug-likeness (QED) is 0.538. The molecule has 0 unspecified atom stereocenters. The van der Waals surface area contributed by atoms with Crippen molar-refractivity contribution in [3.63, 3.8) is 0 Å². The first kappa shape index (κ1) is 23.3. The van der Waals surface area contributed by atoms with Gasteiger partial charge in [0.25, 0.3) is 5.91 Å². The minimum absolute atomic E-state index is 0.0208. The minimum Gasteiger partial charge on any atom is -0.495 e. The number of aromatic nitrogens is 1. The Bertz CT molecular complexity index is 1270. The van der Waals surface area contributed by atoms with Crippen molar-refractivity contribution >= 4 is 37.5 Å². The summed E-state index contributed by atoms with van der Waals surface area (Å²) >= 11 is 1.69. The van der Waals surface area contributed by atoms with Gasteiger partial charge in [-0.15, -0.1) is 11.3 Å². The van der Waals surface area contributed by atoms with Gasteiger partial charge < -0.3 is 9.64 Å². The average molecular weight is 500 g/mol. The highest BCUT2D eigenvalue weighted by molar-refractivity contribution is 7.89. The van der Waals surface area contributed by atoms with Crippen LogP contribution in [0.25, 0.3) is 10.2 Å². The molecule has 1 saturated heterocycles. The number of sulfonamides is 1. The van der Waals surface area contributed by atoms with Gasteiger partial charge in [-0.05, 0) is 56.0 Å². The van der Waals surface area contributed by atoms with Crippen molar-refractivity contribution in [1.29, 1.82) is 0 Å². The minimum atomic E-state index is -3.80. The van der Waals surface area contributed by atoms with Crippen molar-refractivity contribution in [1.82, 2.24) is 14.6 Å². The molecule has 1 saturated carbocycles. The maximum atomic E-state index is 13.4. The molecule has 2 aromatic carbocycles. The lowest BCUT2D eigenvalue weighted by Gasteiger charge is -2.32. The van der Waals surface area contributed by atoms with E-state index in [0.29, 0.717) is 18.7 Å². The summed E-state index contributed by atoms with van der Waals surface area (Å²) in [4.78, 5) is 20.1. The summed E-state index contributed by atoms with van der Waals surface area (Å²) in [5.41, 5.74) is 1.35. The summed E-state index contributed by atoms with van der Waals surface area (Å²) in [6.07, 6.45) is 5.58. The van der Waals surface area contributed by atoms with Crippen LogP contribution in [0, 0.1) is 0 Å². The molecule has 1 amide bonds. The molecule has 1 atom stereocenters. The van der Waals surface area contributed by atoms with E-state index in [1.807, 2.05) is 23.1 Å². The largest absolute Gasteiger partial charge is 0.495 e. The predicted molar refractivity (Wildman–Crippen MR) is 133 cm³/mol. The molecular formula is C25H29N3O4S2. The van der Waals surface area contributed by atoms with Gasteiger partial charge in [0.15, 0.2) is 0 Å². The molecule has 2 aliphatic rings. The Labute approximate surface area is 204 Å². The molecule has 1 N–H and O–H groups in total. The lowest BCUT2D eigenvalue weighted by Crippen LogP contribution is -2.39. The molecular weight excluding hydrogens is 470 g/mol. The van der Waals surface area contributed by atoms with E-state index in [2.05, 4.69) is 10.8 Å². The van der Waals surface area contributed by atoms with Crippen LogP contribution in [0.1, 0.15) is 59.8 Å². The van der Waals surface area contributed by atoms with E-state index in [1.165, 1.54) is 13.2 Å². The molecule has 34 heavy (non-hydrogen) atoms. The van der Waals surface area contributed by atoms with Crippen molar-refractivity contribution in [2.24, 2.45) is 0 Å². The second-order valence-corrected chi connectivity index (χ2v) is 11.8. The Morgan fingerprint density at radius 1 is 1.12 bits per heavy atom. The second kappa shape index (κ2) is 9.64. The number of rotatable bonds is 6. The number of thiazole rings is 1. The molecule has 3 aromatic rings. The smallest absolute Gasteiger partial charge is 0.253 e. The van der Waals surface area contributed by atoms with E-state index >= 15 is 0 Å². The average Bonchev–Trinajstić information content (AvgIpc) is 3.52. The molecule has 1 aromatic heterocycles. The zero-order valence-corrected chi connectivity index (χ0v) is 20.8. The number of amides is 1. The summed E-state index contributed by atoms with van der Waals surface area (Å²) in [6, 6.07) is 12.7. The van der Waals surface area contributed by atoms with E-state index in [9.17, 15) is 13.2 Å². The number of hydrogen-bond acceptors (Lipinski definition) is 6. The van der Waals surface area contributed by atoms with E-state index in [4.69, 9.17) is 9.72 Å². The fourth-order valence-corrected chi connectivity index (χ4v) is 7.55. The van der Waals surface area contributed by atoms with E-state index < -0.39 is 10.0 Å². The van der Waals surface area contributed by atoms with Gasteiger partial charge in [0, 0.05) is 30.6 Å². The number of methoxy groups -OCH3 is 1. The van der Waals surface area contributed by atoms with Gasteiger partial charge in [-0.2, -0.15) is 0 Å². The van der Waals surface area contributed by atoms with Gasteiger partial charge in [0.2, 0.25) is 10.0 Å². The molecule has 2 heterocycles. The summed E-state index contributed by atoms with van der Waals surface area (Å²) in [5, 5.41) is 1.05. The molecule has 5 rings (SSSR count). The van der Waals surface area contributed by atoms with Crippen LogP contribution in [0.4, 0.5) is 0 Å². The monoisotopic (exact) mass is 499 g/mol. The highest BCUT2D eigenvalue weighted by Crippen LogP contribution is 2.34. The van der Waals surface area contributed by atoms with E-state index in [0.717, 1.165) is 53.7 Å². The molecule has 9 heteroatoms. The van der Waals surface area contributed by atoms with Crippen LogP contribution in [-0.2, 0) is 10.0 Å². The van der Waals surface area contributed by atoms with E-state index in [-0.39, 0.29) is 28.5 Å². The maximum Gasteiger partial charge on any atom is 0.253 e. The number of likely N-dealkylation sites (tertiary alicyclic amines) is 1. The fraction of sp³-hybridized carbons (Fsp3) is 0.440. The normalized spacial score (nSPS) is 19.6. The third-order valence-corrected chi connectivity index (χ3v) is 9.49. The second-order valence-electron chi connectivity index (χ2n) is 9.08.